The van der Waals surface area contributed by atoms with Gasteiger partial charge >= 0.3 is 6.03 Å². The molecule has 5 heterocycles. The van der Waals surface area contributed by atoms with Crippen LogP contribution in [-0.2, 0) is 43.3 Å². The topological polar surface area (TPSA) is 136 Å². The van der Waals surface area contributed by atoms with Gasteiger partial charge in [0.25, 0.3) is 5.56 Å². The maximum absolute atomic E-state index is 14.5. The number of rotatable bonds is 20. The van der Waals surface area contributed by atoms with Crippen molar-refractivity contribution in [2.75, 3.05) is 112 Å². The summed E-state index contributed by atoms with van der Waals surface area (Å²) in [7, 11) is 2.18. The molecule has 15 heteroatoms. The number of urea groups is 1. The van der Waals surface area contributed by atoms with E-state index in [0.717, 1.165) is 77.5 Å². The SMILES string of the molecule is CCOCCOCCn1cc2cc(CC(NC(=O)N3CCC(c4cc5ccccc5n(CCOCCOCC)c4=O)CC3)C(=O)N3CCN(C4CCN(C)CC4)CC3)cc(C)c2n1. The summed E-state index contributed by atoms with van der Waals surface area (Å²) in [5.41, 5.74) is 4.57. The molecule has 3 aliphatic heterocycles. The summed E-state index contributed by atoms with van der Waals surface area (Å²) in [5, 5.41) is 10.0. The highest BCUT2D eigenvalue weighted by atomic mass is 16.5. The highest BCUT2D eigenvalue weighted by Crippen LogP contribution is 2.29. The van der Waals surface area contributed by atoms with Gasteiger partial charge in [0.2, 0.25) is 5.91 Å². The summed E-state index contributed by atoms with van der Waals surface area (Å²) < 4.78 is 26.1. The number of hydrogen-bond donors (Lipinski definition) is 1. The standard InChI is InChI=1S/C48H70N8O7/c1-5-60-27-29-62-25-23-55-35-40-32-37(31-36(3)45(40)50-55)33-43(47(58)53-21-19-52(20-22-53)41-13-15-51(4)16-14-41)49-48(59)54-17-11-38(12-18-54)42-34-39-9-7-8-10-44(39)56(46(42)57)24-26-63-30-28-61-6-2/h7-10,31-32,34-35,38,41,43H,5-6,11-30,33H2,1-4H3,(H,49,59). The van der Waals surface area contributed by atoms with Crippen LogP contribution in [0.4, 0.5) is 4.79 Å². The number of hydrogen-bond acceptors (Lipinski definition) is 10. The van der Waals surface area contributed by atoms with Gasteiger partial charge in [-0.05, 0) is 107 Å². The first-order chi connectivity index (χ1) is 30.7. The van der Waals surface area contributed by atoms with Gasteiger partial charge in [-0.15, -0.1) is 0 Å². The fourth-order valence-electron chi connectivity index (χ4n) is 9.53. The molecule has 2 aromatic heterocycles. The van der Waals surface area contributed by atoms with Crippen LogP contribution in [0.2, 0.25) is 0 Å². The quantitative estimate of drug-likeness (QED) is 0.127. The molecule has 1 N–H and O–H groups in total. The Morgan fingerprint density at radius 3 is 2.13 bits per heavy atom. The van der Waals surface area contributed by atoms with Crippen LogP contribution in [0.5, 0.6) is 0 Å². The molecule has 0 saturated carbocycles. The van der Waals surface area contributed by atoms with Crippen molar-refractivity contribution in [1.82, 2.24) is 39.3 Å². The molecule has 0 aliphatic carbocycles. The van der Waals surface area contributed by atoms with Crippen LogP contribution in [0.15, 0.2) is 53.5 Å². The highest BCUT2D eigenvalue weighted by Gasteiger charge is 2.34. The predicted molar refractivity (Wildman–Crippen MR) is 246 cm³/mol. The molecule has 63 heavy (non-hydrogen) atoms. The second kappa shape index (κ2) is 23.0. The molecule has 1 unspecified atom stereocenters. The van der Waals surface area contributed by atoms with Gasteiger partial charge in [-0.3, -0.25) is 19.2 Å². The average molecular weight is 871 g/mol. The Hall–Kier alpha value is -4.38. The molecule has 1 atom stereocenters. The molecule has 0 bridgehead atoms. The maximum atomic E-state index is 14.5. The summed E-state index contributed by atoms with van der Waals surface area (Å²) >= 11 is 0. The second-order valence-electron chi connectivity index (χ2n) is 17.3. The lowest BCUT2D eigenvalue weighted by Gasteiger charge is -2.43. The number of aryl methyl sites for hydroxylation is 1. The molecule has 0 spiro atoms. The third-order valence-corrected chi connectivity index (χ3v) is 13.1. The number of piperazine rings is 1. The molecule has 3 aliphatic rings. The number of carbonyl (C=O) groups excluding carboxylic acids is 2. The van der Waals surface area contributed by atoms with Crippen molar-refractivity contribution >= 4 is 33.7 Å². The number of nitrogens with zero attached hydrogens (tertiary/aromatic N) is 7. The zero-order chi connectivity index (χ0) is 44.1. The summed E-state index contributed by atoms with van der Waals surface area (Å²) in [5.74, 6) is -0.0377. The number of nitrogens with one attached hydrogen (secondary N) is 1. The van der Waals surface area contributed by atoms with Gasteiger partial charge in [-0.1, -0.05) is 24.3 Å². The van der Waals surface area contributed by atoms with Gasteiger partial charge < -0.3 is 43.5 Å². The van der Waals surface area contributed by atoms with E-state index < -0.39 is 6.04 Å². The number of benzene rings is 2. The Morgan fingerprint density at radius 2 is 1.43 bits per heavy atom. The molecule has 7 rings (SSSR count). The smallest absolute Gasteiger partial charge is 0.318 e. The zero-order valence-corrected chi connectivity index (χ0v) is 38.1. The molecule has 3 amide bonds. The average Bonchev–Trinajstić information content (AvgIpc) is 3.72. The van der Waals surface area contributed by atoms with E-state index >= 15 is 0 Å². The Bertz CT molecular complexity index is 2150. The van der Waals surface area contributed by atoms with Gasteiger partial charge in [0.1, 0.15) is 6.04 Å². The van der Waals surface area contributed by atoms with Crippen LogP contribution in [0.25, 0.3) is 21.8 Å². The second-order valence-corrected chi connectivity index (χ2v) is 17.3. The molecule has 344 valence electrons. The van der Waals surface area contributed by atoms with E-state index in [1.54, 1.807) is 0 Å². The molecule has 15 nitrogen and oxygen atoms in total. The van der Waals surface area contributed by atoms with E-state index in [0.29, 0.717) is 117 Å². The number of piperidine rings is 2. The number of amides is 3. The zero-order valence-electron chi connectivity index (χ0n) is 38.1. The van der Waals surface area contributed by atoms with E-state index in [-0.39, 0.29) is 23.4 Å². The normalized spacial score (nSPS) is 17.8. The maximum Gasteiger partial charge on any atom is 0.318 e. The van der Waals surface area contributed by atoms with Crippen molar-refractivity contribution in [3.8, 4) is 0 Å². The van der Waals surface area contributed by atoms with Gasteiger partial charge in [0, 0.05) is 88.6 Å². The van der Waals surface area contributed by atoms with Crippen LogP contribution in [0, 0.1) is 6.92 Å². The van der Waals surface area contributed by atoms with Crippen LogP contribution in [-0.4, -0.2) is 170 Å². The number of pyridine rings is 1. The molecular weight excluding hydrogens is 801 g/mol. The summed E-state index contributed by atoms with van der Waals surface area (Å²) in [4.78, 5) is 51.5. The molecule has 3 fully saturated rings. The minimum atomic E-state index is -0.737. The van der Waals surface area contributed by atoms with E-state index in [1.165, 1.54) is 0 Å². The Balaban J connectivity index is 1.02. The van der Waals surface area contributed by atoms with Gasteiger partial charge in [0.15, 0.2) is 0 Å². The van der Waals surface area contributed by atoms with E-state index in [9.17, 15) is 14.4 Å². The van der Waals surface area contributed by atoms with E-state index in [2.05, 4.69) is 34.3 Å². The highest BCUT2D eigenvalue weighted by molar-refractivity contribution is 5.88. The molecule has 2 aromatic carbocycles. The van der Waals surface area contributed by atoms with Crippen molar-refractivity contribution in [1.29, 1.82) is 0 Å². The van der Waals surface area contributed by atoms with Crippen LogP contribution >= 0.6 is 0 Å². The molecule has 0 radical (unpaired) electrons. The summed E-state index contributed by atoms with van der Waals surface area (Å²) in [6.45, 7) is 17.6. The van der Waals surface area contributed by atoms with Gasteiger partial charge in [-0.25, -0.2) is 4.79 Å². The Labute approximate surface area is 372 Å². The summed E-state index contributed by atoms with van der Waals surface area (Å²) in [6.07, 6.45) is 6.01. The largest absolute Gasteiger partial charge is 0.379 e. The van der Waals surface area contributed by atoms with Crippen molar-refractivity contribution in [3.63, 3.8) is 0 Å². The number of likely N-dealkylation sites (tertiary alicyclic amines) is 2. The van der Waals surface area contributed by atoms with Crippen LogP contribution in [0.3, 0.4) is 0 Å². The number of para-hydroxylation sites is 1. The fourth-order valence-corrected chi connectivity index (χ4v) is 9.53. The molecule has 4 aromatic rings. The van der Waals surface area contributed by atoms with Crippen molar-refractivity contribution in [2.24, 2.45) is 0 Å². The lowest BCUT2D eigenvalue weighted by molar-refractivity contribution is -0.135. The number of aromatic nitrogens is 3. The molecule has 3 saturated heterocycles. The Kier molecular flexibility index (Phi) is 17.0. The van der Waals surface area contributed by atoms with Gasteiger partial charge in [0.05, 0.1) is 57.2 Å². The van der Waals surface area contributed by atoms with E-state index in [4.69, 9.17) is 24.0 Å². The van der Waals surface area contributed by atoms with E-state index in [1.807, 2.05) is 76.3 Å². The first-order valence-electron chi connectivity index (χ1n) is 23.4. The van der Waals surface area contributed by atoms with Crippen molar-refractivity contribution in [2.45, 2.75) is 84.0 Å². The number of ether oxygens (including phenoxy) is 4. The minimum absolute atomic E-state index is 0.00441. The van der Waals surface area contributed by atoms with Crippen molar-refractivity contribution < 1.29 is 28.5 Å². The predicted octanol–water partition coefficient (Wildman–Crippen LogP) is 4.50. The third-order valence-electron chi connectivity index (χ3n) is 13.1. The Morgan fingerprint density at radius 1 is 0.762 bits per heavy atom. The van der Waals surface area contributed by atoms with Crippen molar-refractivity contribution in [3.05, 3.63) is 75.7 Å². The lowest BCUT2D eigenvalue weighted by Crippen LogP contribution is -2.59. The van der Waals surface area contributed by atoms with Gasteiger partial charge in [-0.2, -0.15) is 5.10 Å². The summed E-state index contributed by atoms with van der Waals surface area (Å²) in [6, 6.07) is 13.8. The first kappa shape index (κ1) is 46.6. The van der Waals surface area contributed by atoms with Crippen LogP contribution < -0.4 is 10.9 Å². The monoisotopic (exact) mass is 871 g/mol. The number of fused-ring (bicyclic) bond motifs is 2. The number of carbonyl (C=O) groups is 2. The fraction of sp³-hybridized carbons (Fsp3) is 0.625. The first-order valence-corrected chi connectivity index (χ1v) is 23.4. The third kappa shape index (κ3) is 12.3. The molecular formula is C48H70N8O7. The minimum Gasteiger partial charge on any atom is -0.379 e. The lowest BCUT2D eigenvalue weighted by atomic mass is 9.89. The van der Waals surface area contributed by atoms with Crippen LogP contribution in [0.1, 0.15) is 62.1 Å².